The Labute approximate surface area is 106 Å². The van der Waals surface area contributed by atoms with Gasteiger partial charge in [-0.15, -0.1) is 10.2 Å². The van der Waals surface area contributed by atoms with E-state index in [-0.39, 0.29) is 17.8 Å². The standard InChI is InChI=1S/C11H20N6O/c1-8(2)17(7-9-4-3-5-12-6-9)11(18)10-13-15-16-14-10/h8-9,12H,3-7H2,1-2H3,(H,13,14,15,16). The van der Waals surface area contributed by atoms with Gasteiger partial charge in [-0.2, -0.15) is 5.21 Å². The molecule has 1 aliphatic heterocycles. The van der Waals surface area contributed by atoms with Crippen molar-refractivity contribution in [1.29, 1.82) is 0 Å². The van der Waals surface area contributed by atoms with E-state index in [0.717, 1.165) is 26.1 Å². The number of H-pyrrole nitrogens is 1. The van der Waals surface area contributed by atoms with Crippen LogP contribution in [0.25, 0.3) is 0 Å². The highest BCUT2D eigenvalue weighted by atomic mass is 16.2. The number of aromatic amines is 1. The van der Waals surface area contributed by atoms with Gasteiger partial charge in [-0.1, -0.05) is 0 Å². The fourth-order valence-corrected chi connectivity index (χ4v) is 2.27. The Kier molecular flexibility index (Phi) is 4.24. The predicted molar refractivity (Wildman–Crippen MR) is 65.9 cm³/mol. The van der Waals surface area contributed by atoms with Gasteiger partial charge >= 0.3 is 0 Å². The van der Waals surface area contributed by atoms with Crippen molar-refractivity contribution < 1.29 is 4.79 Å². The minimum atomic E-state index is -0.149. The van der Waals surface area contributed by atoms with Crippen molar-refractivity contribution in [1.82, 2.24) is 30.8 Å². The molecule has 0 spiro atoms. The van der Waals surface area contributed by atoms with Gasteiger partial charge in [0.05, 0.1) is 0 Å². The predicted octanol–water partition coefficient (Wildman–Crippen LogP) is 0.0499. The first kappa shape index (κ1) is 12.9. The van der Waals surface area contributed by atoms with Gasteiger partial charge in [0.2, 0.25) is 0 Å². The van der Waals surface area contributed by atoms with Crippen LogP contribution < -0.4 is 5.32 Å². The number of amides is 1. The van der Waals surface area contributed by atoms with Gasteiger partial charge in [0.25, 0.3) is 11.7 Å². The molecule has 1 saturated heterocycles. The number of carbonyl (C=O) groups excluding carboxylic acids is 1. The lowest BCUT2D eigenvalue weighted by atomic mass is 9.98. The van der Waals surface area contributed by atoms with Crippen molar-refractivity contribution in [2.75, 3.05) is 19.6 Å². The molecule has 0 bridgehead atoms. The van der Waals surface area contributed by atoms with Crippen LogP contribution in [0.2, 0.25) is 0 Å². The molecular formula is C11H20N6O. The van der Waals surface area contributed by atoms with E-state index in [1.54, 1.807) is 0 Å². The molecule has 0 aromatic carbocycles. The van der Waals surface area contributed by atoms with Gasteiger partial charge in [0, 0.05) is 12.6 Å². The fraction of sp³-hybridized carbons (Fsp3) is 0.818. The number of nitrogens with zero attached hydrogens (tertiary/aromatic N) is 4. The molecule has 1 aliphatic rings. The normalized spacial score (nSPS) is 20.1. The molecule has 0 saturated carbocycles. The minimum Gasteiger partial charge on any atom is -0.333 e. The van der Waals surface area contributed by atoms with Crippen molar-refractivity contribution in [3.05, 3.63) is 5.82 Å². The van der Waals surface area contributed by atoms with Crippen LogP contribution >= 0.6 is 0 Å². The third kappa shape index (κ3) is 3.04. The van der Waals surface area contributed by atoms with Crippen LogP contribution in [0.5, 0.6) is 0 Å². The summed E-state index contributed by atoms with van der Waals surface area (Å²) in [5, 5.41) is 16.6. The van der Waals surface area contributed by atoms with Crippen molar-refractivity contribution >= 4 is 5.91 Å². The second-order valence-electron chi connectivity index (χ2n) is 5.00. The summed E-state index contributed by atoms with van der Waals surface area (Å²) in [6.45, 7) is 6.82. The molecule has 7 nitrogen and oxygen atoms in total. The van der Waals surface area contributed by atoms with Crippen LogP contribution in [0.1, 0.15) is 37.3 Å². The zero-order valence-electron chi connectivity index (χ0n) is 10.9. The molecule has 1 aromatic rings. The second kappa shape index (κ2) is 5.90. The Morgan fingerprint density at radius 3 is 2.94 bits per heavy atom. The molecule has 2 N–H and O–H groups in total. The Hall–Kier alpha value is -1.50. The van der Waals surface area contributed by atoms with E-state index in [0.29, 0.717) is 5.92 Å². The molecule has 0 aliphatic carbocycles. The molecule has 2 rings (SSSR count). The largest absolute Gasteiger partial charge is 0.333 e. The van der Waals surface area contributed by atoms with Gasteiger partial charge in [-0.3, -0.25) is 4.79 Å². The zero-order chi connectivity index (χ0) is 13.0. The molecule has 0 radical (unpaired) electrons. The summed E-state index contributed by atoms with van der Waals surface area (Å²) in [5.41, 5.74) is 0. The first-order valence-corrected chi connectivity index (χ1v) is 6.43. The van der Waals surface area contributed by atoms with Crippen molar-refractivity contribution in [3.63, 3.8) is 0 Å². The molecule has 2 heterocycles. The van der Waals surface area contributed by atoms with Gasteiger partial charge in [0.15, 0.2) is 0 Å². The summed E-state index contributed by atoms with van der Waals surface area (Å²) < 4.78 is 0. The number of hydrogen-bond donors (Lipinski definition) is 2. The molecule has 18 heavy (non-hydrogen) atoms. The van der Waals surface area contributed by atoms with Crippen LogP contribution in [-0.2, 0) is 0 Å². The Bertz CT molecular complexity index is 371. The monoisotopic (exact) mass is 252 g/mol. The topological polar surface area (TPSA) is 86.8 Å². The van der Waals surface area contributed by atoms with Gasteiger partial charge in [-0.25, -0.2) is 0 Å². The first-order valence-electron chi connectivity index (χ1n) is 6.43. The first-order chi connectivity index (χ1) is 8.68. The highest BCUT2D eigenvalue weighted by molar-refractivity contribution is 5.90. The number of rotatable bonds is 4. The van der Waals surface area contributed by atoms with Crippen molar-refractivity contribution in [2.45, 2.75) is 32.7 Å². The summed E-state index contributed by atoms with van der Waals surface area (Å²) in [6.07, 6.45) is 2.34. The summed E-state index contributed by atoms with van der Waals surface area (Å²) in [6, 6.07) is 0.137. The van der Waals surface area contributed by atoms with E-state index < -0.39 is 0 Å². The highest BCUT2D eigenvalue weighted by Crippen LogP contribution is 2.14. The van der Waals surface area contributed by atoms with Crippen LogP contribution in [-0.4, -0.2) is 57.1 Å². The molecule has 1 unspecified atom stereocenters. The summed E-state index contributed by atoms with van der Waals surface area (Å²) >= 11 is 0. The quantitative estimate of drug-likeness (QED) is 0.790. The van der Waals surface area contributed by atoms with E-state index in [1.807, 2.05) is 18.7 Å². The molecule has 100 valence electrons. The molecular weight excluding hydrogens is 232 g/mol. The maximum atomic E-state index is 12.2. The van der Waals surface area contributed by atoms with E-state index in [9.17, 15) is 4.79 Å². The lowest BCUT2D eigenvalue weighted by Gasteiger charge is -2.32. The average Bonchev–Trinajstić information content (AvgIpc) is 2.90. The number of aromatic nitrogens is 4. The number of piperidine rings is 1. The Morgan fingerprint density at radius 2 is 2.39 bits per heavy atom. The SMILES string of the molecule is CC(C)N(CC1CCCNC1)C(=O)c1nn[nH]n1. The van der Waals surface area contributed by atoms with E-state index in [2.05, 4.69) is 25.9 Å². The van der Waals surface area contributed by atoms with Crippen LogP contribution in [0.15, 0.2) is 0 Å². The average molecular weight is 252 g/mol. The van der Waals surface area contributed by atoms with Gasteiger partial charge < -0.3 is 10.2 Å². The lowest BCUT2D eigenvalue weighted by molar-refractivity contribution is 0.0648. The third-order valence-electron chi connectivity index (χ3n) is 3.27. The lowest BCUT2D eigenvalue weighted by Crippen LogP contribution is -2.44. The van der Waals surface area contributed by atoms with Crippen LogP contribution in [0.3, 0.4) is 0 Å². The number of hydrogen-bond acceptors (Lipinski definition) is 5. The highest BCUT2D eigenvalue weighted by Gasteiger charge is 2.26. The zero-order valence-corrected chi connectivity index (χ0v) is 10.9. The maximum absolute atomic E-state index is 12.2. The summed E-state index contributed by atoms with van der Waals surface area (Å²) in [7, 11) is 0. The number of carbonyl (C=O) groups is 1. The molecule has 1 amide bonds. The maximum Gasteiger partial charge on any atom is 0.295 e. The molecule has 1 atom stereocenters. The summed E-state index contributed by atoms with van der Waals surface area (Å²) in [4.78, 5) is 14.1. The van der Waals surface area contributed by atoms with Gasteiger partial charge in [0.1, 0.15) is 0 Å². The molecule has 1 fully saturated rings. The second-order valence-corrected chi connectivity index (χ2v) is 5.00. The van der Waals surface area contributed by atoms with Gasteiger partial charge in [-0.05, 0) is 50.9 Å². The fourth-order valence-electron chi connectivity index (χ4n) is 2.27. The van der Waals surface area contributed by atoms with Crippen LogP contribution in [0.4, 0.5) is 0 Å². The molecule has 1 aromatic heterocycles. The number of nitrogens with one attached hydrogen (secondary N) is 2. The third-order valence-corrected chi connectivity index (χ3v) is 3.27. The van der Waals surface area contributed by atoms with Crippen LogP contribution in [0, 0.1) is 5.92 Å². The molecule has 7 heteroatoms. The van der Waals surface area contributed by atoms with Crippen molar-refractivity contribution in [2.24, 2.45) is 5.92 Å². The minimum absolute atomic E-state index is 0.137. The number of tetrazole rings is 1. The summed E-state index contributed by atoms with van der Waals surface area (Å²) in [5.74, 6) is 0.508. The van der Waals surface area contributed by atoms with E-state index >= 15 is 0 Å². The smallest absolute Gasteiger partial charge is 0.295 e. The Morgan fingerprint density at radius 1 is 1.56 bits per heavy atom. The van der Waals surface area contributed by atoms with E-state index in [4.69, 9.17) is 0 Å². The Balaban J connectivity index is 2.01. The van der Waals surface area contributed by atoms with Crippen molar-refractivity contribution in [3.8, 4) is 0 Å². The van der Waals surface area contributed by atoms with E-state index in [1.165, 1.54) is 6.42 Å².